The summed E-state index contributed by atoms with van der Waals surface area (Å²) in [6, 6.07) is 17.8. The number of carbonyl (C=O) groups excluding carboxylic acids is 1. The van der Waals surface area contributed by atoms with Crippen LogP contribution in [-0.4, -0.2) is 20.6 Å². The van der Waals surface area contributed by atoms with Crippen molar-refractivity contribution >= 4 is 23.5 Å². The van der Waals surface area contributed by atoms with E-state index in [2.05, 4.69) is 10.4 Å². The number of benzene rings is 2. The fourth-order valence-electron chi connectivity index (χ4n) is 2.65. The number of carbonyl (C=O) groups is 1. The van der Waals surface area contributed by atoms with E-state index in [9.17, 15) is 14.9 Å². The number of aryl methyl sites for hydroxylation is 1. The number of nitro groups is 1. The summed E-state index contributed by atoms with van der Waals surface area (Å²) >= 11 is 0. The molecule has 0 aliphatic heterocycles. The number of anilines is 1. The normalized spacial score (nSPS) is 10.9. The van der Waals surface area contributed by atoms with Gasteiger partial charge in [-0.3, -0.25) is 14.9 Å². The summed E-state index contributed by atoms with van der Waals surface area (Å²) < 4.78 is 1.71. The van der Waals surface area contributed by atoms with Gasteiger partial charge in [0.25, 0.3) is 5.69 Å². The monoisotopic (exact) mass is 362 g/mol. The van der Waals surface area contributed by atoms with Crippen LogP contribution in [0.3, 0.4) is 0 Å². The zero-order chi connectivity index (χ0) is 19.2. The van der Waals surface area contributed by atoms with Crippen LogP contribution in [0.5, 0.6) is 0 Å². The quantitative estimate of drug-likeness (QED) is 0.410. The Balaban J connectivity index is 1.74. The molecule has 136 valence electrons. The number of nitro benzene ring substituents is 1. The van der Waals surface area contributed by atoms with Gasteiger partial charge in [-0.15, -0.1) is 0 Å². The van der Waals surface area contributed by atoms with Crippen molar-refractivity contribution < 1.29 is 9.72 Å². The molecule has 0 spiro atoms. The van der Waals surface area contributed by atoms with E-state index in [0.29, 0.717) is 17.9 Å². The molecule has 0 fully saturated rings. The van der Waals surface area contributed by atoms with E-state index in [1.54, 1.807) is 28.9 Å². The minimum Gasteiger partial charge on any atom is -0.307 e. The van der Waals surface area contributed by atoms with Crippen molar-refractivity contribution in [3.63, 3.8) is 0 Å². The van der Waals surface area contributed by atoms with Crippen molar-refractivity contribution in [2.75, 3.05) is 5.32 Å². The molecule has 3 rings (SSSR count). The van der Waals surface area contributed by atoms with Crippen LogP contribution in [0.25, 0.3) is 6.08 Å². The summed E-state index contributed by atoms with van der Waals surface area (Å²) in [7, 11) is 0. The number of amides is 1. The molecule has 0 unspecified atom stereocenters. The first-order chi connectivity index (χ1) is 13.0. The molecule has 2 aromatic carbocycles. The van der Waals surface area contributed by atoms with Crippen LogP contribution < -0.4 is 5.32 Å². The lowest BCUT2D eigenvalue weighted by Crippen LogP contribution is -2.13. The maximum Gasteiger partial charge on any atom is 0.276 e. The Bertz CT molecular complexity index is 993. The molecular formula is C20H18N4O3. The Morgan fingerprint density at radius 1 is 1.19 bits per heavy atom. The summed E-state index contributed by atoms with van der Waals surface area (Å²) in [6.45, 7) is 2.37. The van der Waals surface area contributed by atoms with Crippen LogP contribution in [0.2, 0.25) is 0 Å². The van der Waals surface area contributed by atoms with Gasteiger partial charge in [-0.05, 0) is 24.6 Å². The molecule has 1 aromatic heterocycles. The first kappa shape index (κ1) is 18.1. The summed E-state index contributed by atoms with van der Waals surface area (Å²) in [5.74, 6) is 0.177. The molecule has 0 saturated carbocycles. The van der Waals surface area contributed by atoms with Gasteiger partial charge in [0.05, 0.1) is 22.7 Å². The van der Waals surface area contributed by atoms with Crippen LogP contribution in [0.15, 0.2) is 66.7 Å². The minimum atomic E-state index is -0.476. The smallest absolute Gasteiger partial charge is 0.276 e. The average Bonchev–Trinajstić information content (AvgIpc) is 2.99. The third-order valence-electron chi connectivity index (χ3n) is 3.88. The van der Waals surface area contributed by atoms with Gasteiger partial charge < -0.3 is 5.32 Å². The summed E-state index contributed by atoms with van der Waals surface area (Å²) in [5, 5.41) is 18.2. The molecule has 1 heterocycles. The SMILES string of the molecule is Cc1cc(NC(=O)C=Cc2ccccc2[N+](=O)[O-])n(Cc2ccccc2)n1. The predicted octanol–water partition coefficient (Wildman–Crippen LogP) is 3.80. The zero-order valence-corrected chi connectivity index (χ0v) is 14.7. The number of hydrogen-bond acceptors (Lipinski definition) is 4. The Kier molecular flexibility index (Phi) is 5.41. The van der Waals surface area contributed by atoms with E-state index in [0.717, 1.165) is 11.3 Å². The maximum absolute atomic E-state index is 12.3. The lowest BCUT2D eigenvalue weighted by atomic mass is 10.1. The highest BCUT2D eigenvalue weighted by Crippen LogP contribution is 2.19. The second-order valence-electron chi connectivity index (χ2n) is 5.95. The zero-order valence-electron chi connectivity index (χ0n) is 14.7. The van der Waals surface area contributed by atoms with E-state index in [-0.39, 0.29) is 11.6 Å². The van der Waals surface area contributed by atoms with E-state index < -0.39 is 4.92 Å². The molecule has 7 nitrogen and oxygen atoms in total. The first-order valence-corrected chi connectivity index (χ1v) is 8.34. The Labute approximate surface area is 156 Å². The van der Waals surface area contributed by atoms with Crippen molar-refractivity contribution in [3.05, 3.63) is 93.7 Å². The third kappa shape index (κ3) is 4.66. The highest BCUT2D eigenvalue weighted by atomic mass is 16.6. The van der Waals surface area contributed by atoms with Crippen LogP contribution in [-0.2, 0) is 11.3 Å². The van der Waals surface area contributed by atoms with Crippen molar-refractivity contribution in [2.24, 2.45) is 0 Å². The molecule has 0 radical (unpaired) electrons. The van der Waals surface area contributed by atoms with E-state index in [1.165, 1.54) is 18.2 Å². The molecule has 1 N–H and O–H groups in total. The van der Waals surface area contributed by atoms with Crippen LogP contribution >= 0.6 is 0 Å². The van der Waals surface area contributed by atoms with Gasteiger partial charge in [0.2, 0.25) is 5.91 Å². The summed E-state index contributed by atoms with van der Waals surface area (Å²) in [5.41, 5.74) is 2.16. The van der Waals surface area contributed by atoms with E-state index >= 15 is 0 Å². The number of hydrogen-bond donors (Lipinski definition) is 1. The predicted molar refractivity (Wildman–Crippen MR) is 103 cm³/mol. The summed E-state index contributed by atoms with van der Waals surface area (Å²) in [6.07, 6.45) is 2.70. The molecule has 0 aliphatic rings. The molecule has 7 heteroatoms. The molecule has 0 aliphatic carbocycles. The molecule has 0 bridgehead atoms. The lowest BCUT2D eigenvalue weighted by Gasteiger charge is -2.07. The second kappa shape index (κ2) is 8.09. The number of para-hydroxylation sites is 1. The summed E-state index contributed by atoms with van der Waals surface area (Å²) in [4.78, 5) is 22.8. The van der Waals surface area contributed by atoms with Crippen LogP contribution in [0.4, 0.5) is 11.5 Å². The van der Waals surface area contributed by atoms with E-state index in [1.807, 2.05) is 37.3 Å². The number of aromatic nitrogens is 2. The Morgan fingerprint density at radius 3 is 2.63 bits per heavy atom. The fraction of sp³-hybridized carbons (Fsp3) is 0.100. The standard InChI is InChI=1S/C20H18N4O3/c1-15-13-19(23(22-15)14-16-7-3-2-4-8-16)21-20(25)12-11-17-9-5-6-10-18(17)24(26)27/h2-13H,14H2,1H3,(H,21,25). The van der Waals surface area contributed by atoms with Crippen molar-refractivity contribution in [3.8, 4) is 0 Å². The molecule has 0 saturated heterocycles. The highest BCUT2D eigenvalue weighted by Gasteiger charge is 2.11. The van der Waals surface area contributed by atoms with Crippen molar-refractivity contribution in [2.45, 2.75) is 13.5 Å². The topological polar surface area (TPSA) is 90.1 Å². The van der Waals surface area contributed by atoms with Gasteiger partial charge in [0, 0.05) is 18.2 Å². The molecule has 3 aromatic rings. The first-order valence-electron chi connectivity index (χ1n) is 8.34. The maximum atomic E-state index is 12.3. The van der Waals surface area contributed by atoms with Gasteiger partial charge in [-0.1, -0.05) is 42.5 Å². The molecule has 1 amide bonds. The van der Waals surface area contributed by atoms with Gasteiger partial charge in [-0.2, -0.15) is 5.10 Å². The lowest BCUT2D eigenvalue weighted by molar-refractivity contribution is -0.385. The Hall–Kier alpha value is -3.74. The van der Waals surface area contributed by atoms with Gasteiger partial charge in [-0.25, -0.2) is 4.68 Å². The number of rotatable bonds is 6. The van der Waals surface area contributed by atoms with Gasteiger partial charge >= 0.3 is 0 Å². The molecular weight excluding hydrogens is 344 g/mol. The number of nitrogens with zero attached hydrogens (tertiary/aromatic N) is 3. The van der Waals surface area contributed by atoms with Crippen molar-refractivity contribution in [1.29, 1.82) is 0 Å². The van der Waals surface area contributed by atoms with Gasteiger partial charge in [0.1, 0.15) is 5.82 Å². The van der Waals surface area contributed by atoms with Crippen LogP contribution in [0, 0.1) is 17.0 Å². The Morgan fingerprint density at radius 2 is 1.89 bits per heavy atom. The number of nitrogens with one attached hydrogen (secondary N) is 1. The third-order valence-corrected chi connectivity index (χ3v) is 3.88. The fourth-order valence-corrected chi connectivity index (χ4v) is 2.65. The molecule has 27 heavy (non-hydrogen) atoms. The molecule has 0 atom stereocenters. The largest absolute Gasteiger partial charge is 0.307 e. The highest BCUT2D eigenvalue weighted by molar-refractivity contribution is 6.01. The minimum absolute atomic E-state index is 0.0495. The van der Waals surface area contributed by atoms with E-state index in [4.69, 9.17) is 0 Å². The van der Waals surface area contributed by atoms with Gasteiger partial charge in [0.15, 0.2) is 0 Å². The second-order valence-corrected chi connectivity index (χ2v) is 5.95. The van der Waals surface area contributed by atoms with Crippen LogP contribution in [0.1, 0.15) is 16.8 Å². The van der Waals surface area contributed by atoms with Crippen molar-refractivity contribution in [1.82, 2.24) is 9.78 Å². The average molecular weight is 362 g/mol.